The van der Waals surface area contributed by atoms with E-state index in [2.05, 4.69) is 5.32 Å². The first-order valence-corrected chi connectivity index (χ1v) is 7.18. The van der Waals surface area contributed by atoms with Crippen molar-refractivity contribution >= 4 is 17.3 Å². The number of benzene rings is 2. The van der Waals surface area contributed by atoms with Crippen LogP contribution < -0.4 is 10.2 Å². The van der Waals surface area contributed by atoms with Gasteiger partial charge in [-0.25, -0.2) is 0 Å². The standard InChI is InChI=1S/C17H19N3O3/c1-12-6-4-5-7-13(12)11-18-17(21)15-10-14(20(22)23)8-9-16(15)19(2)3/h4-10H,11H2,1-3H3,(H,18,21). The van der Waals surface area contributed by atoms with Crippen LogP contribution in [0.4, 0.5) is 11.4 Å². The van der Waals surface area contributed by atoms with Gasteiger partial charge < -0.3 is 10.2 Å². The van der Waals surface area contributed by atoms with Gasteiger partial charge >= 0.3 is 0 Å². The van der Waals surface area contributed by atoms with Crippen molar-refractivity contribution in [1.29, 1.82) is 0 Å². The highest BCUT2D eigenvalue weighted by Gasteiger charge is 2.17. The van der Waals surface area contributed by atoms with Crippen molar-refractivity contribution in [3.05, 3.63) is 69.3 Å². The molecular weight excluding hydrogens is 294 g/mol. The zero-order valence-corrected chi connectivity index (χ0v) is 13.4. The summed E-state index contributed by atoms with van der Waals surface area (Å²) in [5.41, 5.74) is 2.92. The largest absolute Gasteiger partial charge is 0.377 e. The van der Waals surface area contributed by atoms with Gasteiger partial charge in [0, 0.05) is 38.5 Å². The Labute approximate surface area is 134 Å². The molecule has 2 aromatic carbocycles. The molecule has 0 atom stereocenters. The van der Waals surface area contributed by atoms with Crippen molar-refractivity contribution in [1.82, 2.24) is 5.32 Å². The molecule has 120 valence electrons. The van der Waals surface area contributed by atoms with Crippen molar-refractivity contribution in [3.8, 4) is 0 Å². The summed E-state index contributed by atoms with van der Waals surface area (Å²) in [5.74, 6) is -0.333. The zero-order valence-electron chi connectivity index (χ0n) is 13.4. The van der Waals surface area contributed by atoms with E-state index in [-0.39, 0.29) is 17.2 Å². The lowest BCUT2D eigenvalue weighted by Crippen LogP contribution is -2.25. The maximum atomic E-state index is 12.5. The summed E-state index contributed by atoms with van der Waals surface area (Å²) in [6.07, 6.45) is 0. The van der Waals surface area contributed by atoms with E-state index < -0.39 is 4.92 Å². The van der Waals surface area contributed by atoms with Gasteiger partial charge in [-0.2, -0.15) is 0 Å². The molecule has 1 amide bonds. The van der Waals surface area contributed by atoms with Crippen LogP contribution in [0.25, 0.3) is 0 Å². The molecule has 0 aliphatic carbocycles. The quantitative estimate of drug-likeness (QED) is 0.680. The third-order valence-corrected chi connectivity index (χ3v) is 3.62. The molecule has 0 aliphatic rings. The number of carbonyl (C=O) groups is 1. The first kappa shape index (κ1) is 16.5. The number of nitrogens with zero attached hydrogens (tertiary/aromatic N) is 2. The van der Waals surface area contributed by atoms with Crippen LogP contribution in [-0.4, -0.2) is 24.9 Å². The summed E-state index contributed by atoms with van der Waals surface area (Å²) in [5, 5.41) is 13.8. The van der Waals surface area contributed by atoms with Gasteiger partial charge in [0.2, 0.25) is 0 Å². The summed E-state index contributed by atoms with van der Waals surface area (Å²) in [4.78, 5) is 24.7. The van der Waals surface area contributed by atoms with Crippen LogP contribution in [0.5, 0.6) is 0 Å². The van der Waals surface area contributed by atoms with Crippen LogP contribution in [-0.2, 0) is 6.54 Å². The number of hydrogen-bond acceptors (Lipinski definition) is 4. The Kier molecular flexibility index (Phi) is 4.95. The molecule has 0 radical (unpaired) electrons. The Morgan fingerprint density at radius 2 is 1.91 bits per heavy atom. The van der Waals surface area contributed by atoms with Crippen LogP contribution >= 0.6 is 0 Å². The van der Waals surface area contributed by atoms with Gasteiger partial charge in [-0.15, -0.1) is 0 Å². The Morgan fingerprint density at radius 1 is 1.22 bits per heavy atom. The Morgan fingerprint density at radius 3 is 2.52 bits per heavy atom. The van der Waals surface area contributed by atoms with Crippen LogP contribution in [0.3, 0.4) is 0 Å². The highest BCUT2D eigenvalue weighted by Crippen LogP contribution is 2.24. The first-order chi connectivity index (χ1) is 10.9. The molecule has 0 saturated heterocycles. The summed E-state index contributed by atoms with van der Waals surface area (Å²) in [6, 6.07) is 12.0. The van der Waals surface area contributed by atoms with E-state index in [0.717, 1.165) is 11.1 Å². The molecule has 0 aromatic heterocycles. The molecule has 0 aliphatic heterocycles. The number of nitro benzene ring substituents is 1. The molecule has 0 fully saturated rings. The van der Waals surface area contributed by atoms with Crippen LogP contribution in [0, 0.1) is 17.0 Å². The molecule has 6 nitrogen and oxygen atoms in total. The Bertz CT molecular complexity index is 742. The Hall–Kier alpha value is -2.89. The summed E-state index contributed by atoms with van der Waals surface area (Å²) >= 11 is 0. The second kappa shape index (κ2) is 6.91. The van der Waals surface area contributed by atoms with E-state index >= 15 is 0 Å². The van der Waals surface area contributed by atoms with Gasteiger partial charge in [0.05, 0.1) is 10.5 Å². The third kappa shape index (κ3) is 3.85. The molecule has 0 saturated carbocycles. The zero-order chi connectivity index (χ0) is 17.0. The molecule has 2 rings (SSSR count). The lowest BCUT2D eigenvalue weighted by atomic mass is 10.1. The number of anilines is 1. The van der Waals surface area contributed by atoms with Crippen molar-refractivity contribution in [2.75, 3.05) is 19.0 Å². The number of nitrogens with one attached hydrogen (secondary N) is 1. The summed E-state index contributed by atoms with van der Waals surface area (Å²) in [6.45, 7) is 2.35. The molecule has 23 heavy (non-hydrogen) atoms. The minimum atomic E-state index is -0.502. The van der Waals surface area contributed by atoms with Gasteiger partial charge in [-0.3, -0.25) is 14.9 Å². The normalized spacial score (nSPS) is 10.2. The predicted octanol–water partition coefficient (Wildman–Crippen LogP) is 2.90. The highest BCUT2D eigenvalue weighted by atomic mass is 16.6. The number of non-ortho nitro benzene ring substituents is 1. The second-order valence-corrected chi connectivity index (χ2v) is 5.46. The molecule has 0 unspecified atom stereocenters. The van der Waals surface area contributed by atoms with Gasteiger partial charge in [-0.05, 0) is 24.1 Å². The summed E-state index contributed by atoms with van der Waals surface area (Å²) < 4.78 is 0. The Balaban J connectivity index is 2.25. The van der Waals surface area contributed by atoms with Crippen molar-refractivity contribution < 1.29 is 9.72 Å². The minimum Gasteiger partial charge on any atom is -0.377 e. The fourth-order valence-electron chi connectivity index (χ4n) is 2.29. The van der Waals surface area contributed by atoms with E-state index in [1.165, 1.54) is 12.1 Å². The van der Waals surface area contributed by atoms with E-state index in [1.807, 2.05) is 31.2 Å². The fraction of sp³-hybridized carbons (Fsp3) is 0.235. The number of amides is 1. The molecule has 0 bridgehead atoms. The minimum absolute atomic E-state index is 0.100. The lowest BCUT2D eigenvalue weighted by Gasteiger charge is -2.17. The fourth-order valence-corrected chi connectivity index (χ4v) is 2.29. The highest BCUT2D eigenvalue weighted by molar-refractivity contribution is 6.00. The third-order valence-electron chi connectivity index (χ3n) is 3.62. The second-order valence-electron chi connectivity index (χ2n) is 5.46. The topological polar surface area (TPSA) is 75.5 Å². The molecule has 0 heterocycles. The SMILES string of the molecule is Cc1ccccc1CNC(=O)c1cc([N+](=O)[O-])ccc1N(C)C. The summed E-state index contributed by atoms with van der Waals surface area (Å²) in [7, 11) is 3.58. The van der Waals surface area contributed by atoms with Gasteiger partial charge in [0.25, 0.3) is 11.6 Å². The monoisotopic (exact) mass is 313 g/mol. The van der Waals surface area contributed by atoms with E-state index in [9.17, 15) is 14.9 Å². The van der Waals surface area contributed by atoms with Crippen LogP contribution in [0.15, 0.2) is 42.5 Å². The molecule has 6 heteroatoms. The van der Waals surface area contributed by atoms with E-state index in [1.54, 1.807) is 25.1 Å². The van der Waals surface area contributed by atoms with Crippen molar-refractivity contribution in [3.63, 3.8) is 0 Å². The lowest BCUT2D eigenvalue weighted by molar-refractivity contribution is -0.384. The molecule has 2 aromatic rings. The van der Waals surface area contributed by atoms with Gasteiger partial charge in [0.1, 0.15) is 0 Å². The number of carbonyl (C=O) groups excluding carboxylic acids is 1. The maximum absolute atomic E-state index is 12.5. The average molecular weight is 313 g/mol. The van der Waals surface area contributed by atoms with Gasteiger partial charge in [-0.1, -0.05) is 24.3 Å². The van der Waals surface area contributed by atoms with E-state index in [4.69, 9.17) is 0 Å². The number of aryl methyl sites for hydroxylation is 1. The number of rotatable bonds is 5. The van der Waals surface area contributed by atoms with Crippen molar-refractivity contribution in [2.45, 2.75) is 13.5 Å². The van der Waals surface area contributed by atoms with Gasteiger partial charge in [0.15, 0.2) is 0 Å². The maximum Gasteiger partial charge on any atom is 0.270 e. The predicted molar refractivity (Wildman–Crippen MR) is 89.8 cm³/mol. The first-order valence-electron chi connectivity index (χ1n) is 7.18. The van der Waals surface area contributed by atoms with Crippen molar-refractivity contribution in [2.24, 2.45) is 0 Å². The molecule has 1 N–H and O–H groups in total. The molecular formula is C17H19N3O3. The van der Waals surface area contributed by atoms with Crippen LogP contribution in [0.1, 0.15) is 21.5 Å². The molecule has 0 spiro atoms. The number of hydrogen-bond donors (Lipinski definition) is 1. The smallest absolute Gasteiger partial charge is 0.270 e. The van der Waals surface area contributed by atoms with Crippen LogP contribution in [0.2, 0.25) is 0 Å². The van der Waals surface area contributed by atoms with E-state index in [0.29, 0.717) is 12.2 Å². The number of nitro groups is 1. The average Bonchev–Trinajstić information content (AvgIpc) is 2.53.